The predicted molar refractivity (Wildman–Crippen MR) is 140 cm³/mol. The zero-order chi connectivity index (χ0) is 25.9. The standard InChI is InChI=1S/C26H35NO6S2/c1-5-7-13-26(6-2)16-27(19-11-9-8-10-12-19)20-14-22(34-4)21(15-23(20)35(31,32)18-26)33-17-25(3,30)24(28)29/h8-12,14-15,30H,5-7,13,16-18H2,1-4H3,(H,28,29)/t25-,26+/m1/s1. The molecule has 0 bridgehead atoms. The van der Waals surface area contributed by atoms with Gasteiger partial charge < -0.3 is 19.8 Å². The number of anilines is 2. The Morgan fingerprint density at radius 3 is 2.49 bits per heavy atom. The summed E-state index contributed by atoms with van der Waals surface area (Å²) in [6.07, 6.45) is 5.30. The number of thioether (sulfide) groups is 1. The Balaban J connectivity index is 2.19. The Bertz CT molecular complexity index is 1150. The number of rotatable bonds is 10. The molecule has 2 aromatic rings. The molecule has 3 rings (SSSR count). The van der Waals surface area contributed by atoms with Crippen LogP contribution in [-0.2, 0) is 14.6 Å². The lowest BCUT2D eigenvalue weighted by Gasteiger charge is -2.36. The Morgan fingerprint density at radius 2 is 1.91 bits per heavy atom. The lowest BCUT2D eigenvalue weighted by molar-refractivity contribution is -0.159. The van der Waals surface area contributed by atoms with Crippen molar-refractivity contribution in [3.63, 3.8) is 0 Å². The van der Waals surface area contributed by atoms with E-state index in [9.17, 15) is 23.4 Å². The van der Waals surface area contributed by atoms with Gasteiger partial charge in [0.15, 0.2) is 15.4 Å². The van der Waals surface area contributed by atoms with Crippen LogP contribution >= 0.6 is 11.8 Å². The van der Waals surface area contributed by atoms with Crippen LogP contribution in [0.1, 0.15) is 46.5 Å². The van der Waals surface area contributed by atoms with Gasteiger partial charge in [0.2, 0.25) is 0 Å². The van der Waals surface area contributed by atoms with Crippen LogP contribution in [0, 0.1) is 5.41 Å². The highest BCUT2D eigenvalue weighted by atomic mass is 32.2. The van der Waals surface area contributed by atoms with Gasteiger partial charge in [-0.15, -0.1) is 11.8 Å². The van der Waals surface area contributed by atoms with E-state index in [4.69, 9.17) is 4.74 Å². The van der Waals surface area contributed by atoms with Gasteiger partial charge in [-0.3, -0.25) is 0 Å². The van der Waals surface area contributed by atoms with Gasteiger partial charge >= 0.3 is 5.97 Å². The highest BCUT2D eigenvalue weighted by molar-refractivity contribution is 7.98. The van der Waals surface area contributed by atoms with Crippen LogP contribution in [-0.4, -0.2) is 55.4 Å². The number of fused-ring (bicyclic) bond motifs is 1. The minimum absolute atomic E-state index is 0.0255. The molecule has 2 aromatic carbocycles. The van der Waals surface area contributed by atoms with Gasteiger partial charge in [-0.2, -0.15) is 0 Å². The molecule has 2 atom stereocenters. The fourth-order valence-electron chi connectivity index (χ4n) is 4.42. The summed E-state index contributed by atoms with van der Waals surface area (Å²) in [5, 5.41) is 19.4. The Labute approximate surface area is 212 Å². The van der Waals surface area contributed by atoms with Gasteiger partial charge in [-0.25, -0.2) is 13.2 Å². The second-order valence-corrected chi connectivity index (χ2v) is 12.3. The second-order valence-electron chi connectivity index (χ2n) is 9.48. The summed E-state index contributed by atoms with van der Waals surface area (Å²) in [5.74, 6) is -1.14. The van der Waals surface area contributed by atoms with E-state index in [-0.39, 0.29) is 16.4 Å². The predicted octanol–water partition coefficient (Wildman–Crippen LogP) is 5.13. The summed E-state index contributed by atoms with van der Waals surface area (Å²) in [6.45, 7) is 5.38. The topological polar surface area (TPSA) is 104 Å². The van der Waals surface area contributed by atoms with Gasteiger partial charge in [0.1, 0.15) is 12.4 Å². The molecule has 35 heavy (non-hydrogen) atoms. The maximum Gasteiger partial charge on any atom is 0.339 e. The second kappa shape index (κ2) is 10.8. The van der Waals surface area contributed by atoms with Crippen molar-refractivity contribution in [1.29, 1.82) is 0 Å². The SMILES string of the molecule is CCCC[C@@]1(CC)CN(c2ccccc2)c2cc(SC)c(OC[C@@](C)(O)C(=O)O)cc2S(=O)(=O)C1. The number of unbranched alkanes of at least 4 members (excludes halogenated alkanes) is 1. The molecule has 1 aliphatic heterocycles. The van der Waals surface area contributed by atoms with E-state index in [1.165, 1.54) is 17.8 Å². The highest BCUT2D eigenvalue weighted by Gasteiger charge is 2.42. The molecule has 7 nitrogen and oxygen atoms in total. The van der Waals surface area contributed by atoms with Crippen molar-refractivity contribution in [2.45, 2.75) is 61.8 Å². The first-order valence-corrected chi connectivity index (χ1v) is 14.7. The minimum Gasteiger partial charge on any atom is -0.489 e. The number of carboxylic acid groups (broad SMARTS) is 1. The van der Waals surface area contributed by atoms with Crippen LogP contribution < -0.4 is 9.64 Å². The van der Waals surface area contributed by atoms with Crippen LogP contribution in [0.3, 0.4) is 0 Å². The monoisotopic (exact) mass is 521 g/mol. The lowest BCUT2D eigenvalue weighted by atomic mass is 9.81. The average molecular weight is 522 g/mol. The molecule has 9 heteroatoms. The van der Waals surface area contributed by atoms with E-state index in [1.54, 1.807) is 6.07 Å². The number of carboxylic acids is 1. The van der Waals surface area contributed by atoms with Crippen LogP contribution in [0.2, 0.25) is 0 Å². The van der Waals surface area contributed by atoms with Crippen LogP contribution in [0.15, 0.2) is 52.3 Å². The van der Waals surface area contributed by atoms with E-state index < -0.39 is 33.4 Å². The van der Waals surface area contributed by atoms with Crippen LogP contribution in [0.4, 0.5) is 11.4 Å². The van der Waals surface area contributed by atoms with E-state index >= 15 is 0 Å². The van der Waals surface area contributed by atoms with Crippen molar-refractivity contribution < 1.29 is 28.2 Å². The van der Waals surface area contributed by atoms with Gasteiger partial charge in [0.25, 0.3) is 0 Å². The highest BCUT2D eigenvalue weighted by Crippen LogP contribution is 2.47. The number of aliphatic carboxylic acids is 1. The first kappa shape index (κ1) is 27.4. The molecular formula is C26H35NO6S2. The zero-order valence-electron chi connectivity index (χ0n) is 20.8. The number of hydrogen-bond acceptors (Lipinski definition) is 7. The summed E-state index contributed by atoms with van der Waals surface area (Å²) in [5.41, 5.74) is -1.02. The van der Waals surface area contributed by atoms with Crippen molar-refractivity contribution in [3.8, 4) is 5.75 Å². The molecule has 2 N–H and O–H groups in total. The zero-order valence-corrected chi connectivity index (χ0v) is 22.4. The molecule has 1 aliphatic rings. The normalized spacial score (nSPS) is 21.0. The maximum atomic E-state index is 13.8. The third kappa shape index (κ3) is 5.95. The van der Waals surface area contributed by atoms with E-state index in [0.29, 0.717) is 17.1 Å². The fourth-order valence-corrected chi connectivity index (χ4v) is 7.15. The van der Waals surface area contributed by atoms with Crippen molar-refractivity contribution in [1.82, 2.24) is 0 Å². The van der Waals surface area contributed by atoms with Crippen molar-refractivity contribution in [2.24, 2.45) is 5.41 Å². The van der Waals surface area contributed by atoms with Gasteiger partial charge in [-0.05, 0) is 44.2 Å². The smallest absolute Gasteiger partial charge is 0.339 e. The number of benzene rings is 2. The van der Waals surface area contributed by atoms with Crippen LogP contribution in [0.25, 0.3) is 0 Å². The lowest BCUT2D eigenvalue weighted by Crippen LogP contribution is -2.41. The Morgan fingerprint density at radius 1 is 1.23 bits per heavy atom. The third-order valence-electron chi connectivity index (χ3n) is 6.71. The molecule has 192 valence electrons. The summed E-state index contributed by atoms with van der Waals surface area (Å²) < 4.78 is 33.4. The van der Waals surface area contributed by atoms with Crippen molar-refractivity contribution in [3.05, 3.63) is 42.5 Å². The molecule has 0 fully saturated rings. The number of sulfone groups is 1. The Hall–Kier alpha value is -2.23. The average Bonchev–Trinajstić information content (AvgIpc) is 2.93. The molecular weight excluding hydrogens is 486 g/mol. The van der Waals surface area contributed by atoms with Crippen molar-refractivity contribution >= 4 is 38.9 Å². The number of aliphatic hydroxyl groups is 1. The minimum atomic E-state index is -3.70. The quantitative estimate of drug-likeness (QED) is 0.415. The molecule has 0 aromatic heterocycles. The summed E-state index contributed by atoms with van der Waals surface area (Å²) >= 11 is 1.38. The van der Waals surface area contributed by atoms with Gasteiger partial charge in [0.05, 0.1) is 21.2 Å². The van der Waals surface area contributed by atoms with E-state index in [0.717, 1.165) is 38.3 Å². The number of ether oxygens (including phenoxy) is 1. The molecule has 0 amide bonds. The fraction of sp³-hybridized carbons (Fsp3) is 0.500. The third-order valence-corrected chi connectivity index (χ3v) is 9.46. The number of carbonyl (C=O) groups is 1. The molecule has 0 saturated heterocycles. The van der Waals surface area contributed by atoms with Crippen molar-refractivity contribution in [2.75, 3.05) is 30.1 Å². The first-order chi connectivity index (χ1) is 16.5. The molecule has 0 spiro atoms. The molecule has 0 aliphatic carbocycles. The van der Waals surface area contributed by atoms with Gasteiger partial charge in [0, 0.05) is 23.7 Å². The number of para-hydroxylation sites is 1. The summed E-state index contributed by atoms with van der Waals surface area (Å²) in [4.78, 5) is 14.3. The van der Waals surface area contributed by atoms with Gasteiger partial charge in [-0.1, -0.05) is 44.9 Å². The maximum absolute atomic E-state index is 13.8. The number of nitrogens with zero attached hydrogens (tertiary/aromatic N) is 1. The molecule has 1 heterocycles. The van der Waals surface area contributed by atoms with E-state index in [1.807, 2.05) is 36.6 Å². The largest absolute Gasteiger partial charge is 0.489 e. The molecule has 0 radical (unpaired) electrons. The summed E-state index contributed by atoms with van der Waals surface area (Å²) in [7, 11) is -3.70. The first-order valence-electron chi connectivity index (χ1n) is 11.8. The molecule has 0 saturated carbocycles. The van der Waals surface area contributed by atoms with Crippen LogP contribution in [0.5, 0.6) is 5.75 Å². The van der Waals surface area contributed by atoms with E-state index in [2.05, 4.69) is 18.7 Å². The summed E-state index contributed by atoms with van der Waals surface area (Å²) in [6, 6.07) is 13.1. The number of hydrogen-bond donors (Lipinski definition) is 2. The Kier molecular flexibility index (Phi) is 8.44. The molecule has 0 unspecified atom stereocenters.